The molecule has 20 heteroatoms. The molecule has 4 aromatic carbocycles. The maximum absolute atomic E-state index is 13.0. The van der Waals surface area contributed by atoms with E-state index in [1.54, 1.807) is 13.8 Å². The van der Waals surface area contributed by atoms with E-state index in [4.69, 9.17) is 19.9 Å². The molecular formula is C63H75N9O11. The van der Waals surface area contributed by atoms with E-state index in [2.05, 4.69) is 27.8 Å². The van der Waals surface area contributed by atoms with Crippen molar-refractivity contribution in [3.8, 4) is 0 Å². The summed E-state index contributed by atoms with van der Waals surface area (Å²) in [4.78, 5) is 107. The fourth-order valence-corrected chi connectivity index (χ4v) is 10.8. The van der Waals surface area contributed by atoms with Gasteiger partial charge >= 0.3 is 12.2 Å². The third kappa shape index (κ3) is 15.3. The smallest absolute Gasteiger partial charge is 0.410 e. The molecule has 0 bridgehead atoms. The molecule has 4 saturated heterocycles. The zero-order valence-corrected chi connectivity index (χ0v) is 47.4. The number of primary amides is 1. The Morgan fingerprint density at radius 3 is 1.02 bits per heavy atom. The number of amides is 8. The third-order valence-corrected chi connectivity index (χ3v) is 15.4. The first-order valence-electron chi connectivity index (χ1n) is 28.7. The van der Waals surface area contributed by atoms with Gasteiger partial charge in [0.2, 0.25) is 35.4 Å². The average molecular weight is 1130 g/mol. The number of carbonyl (C=O) groups excluding carboxylic acids is 8. The highest BCUT2D eigenvalue weighted by Gasteiger charge is 2.58. The fourth-order valence-electron chi connectivity index (χ4n) is 10.8. The van der Waals surface area contributed by atoms with Crippen LogP contribution in [0.2, 0.25) is 0 Å². The topological polar surface area (TPSA) is 251 Å². The van der Waals surface area contributed by atoms with Gasteiger partial charge < -0.3 is 51.0 Å². The molecule has 1 saturated carbocycles. The summed E-state index contributed by atoms with van der Waals surface area (Å²) in [6.45, 7) is 12.6. The first-order valence-corrected chi connectivity index (χ1v) is 28.7. The number of carbonyl (C=O) groups is 8. The monoisotopic (exact) mass is 1130 g/mol. The van der Waals surface area contributed by atoms with Gasteiger partial charge in [0, 0.05) is 48.9 Å². The second-order valence-electron chi connectivity index (χ2n) is 21.0. The lowest BCUT2D eigenvalue weighted by Gasteiger charge is -2.27. The Labute approximate surface area is 484 Å². The molecule has 9 rings (SSSR count). The molecule has 5 fully saturated rings. The SMILES string of the molecule is C=C(OCC)N1CCC[C@H]1C(=O)Nc1ccc(/C=C/c2ccc(NC(=O)[C@@H]3CCCN3C(=O)C3(C(N)=O)CC3)cc2)cc1.CCOC(=O)N1CCC[C@H]1C(=O)Nc1ccc(/C=C/c2ccc(NC(=O)[C@@H]3CCCN3C(=O)OCC)cc2)cc1. The second kappa shape index (κ2) is 28.2. The van der Waals surface area contributed by atoms with E-state index in [1.807, 2.05) is 133 Å². The van der Waals surface area contributed by atoms with E-state index in [9.17, 15) is 38.4 Å². The van der Waals surface area contributed by atoms with Gasteiger partial charge in [-0.25, -0.2) is 9.59 Å². The molecule has 1 aliphatic carbocycles. The van der Waals surface area contributed by atoms with Gasteiger partial charge in [-0.1, -0.05) is 72.8 Å². The fraction of sp³-hybridized carbons (Fsp3) is 0.397. The van der Waals surface area contributed by atoms with Crippen molar-refractivity contribution in [2.45, 2.75) is 109 Å². The Balaban J connectivity index is 0.000000217. The van der Waals surface area contributed by atoms with Gasteiger partial charge in [-0.05, 0) is 162 Å². The van der Waals surface area contributed by atoms with Crippen molar-refractivity contribution in [3.63, 3.8) is 0 Å². The molecule has 4 heterocycles. The van der Waals surface area contributed by atoms with Crippen LogP contribution in [0.1, 0.15) is 107 Å². The summed E-state index contributed by atoms with van der Waals surface area (Å²) in [7, 11) is 0. The lowest BCUT2D eigenvalue weighted by atomic mass is 10.0. The van der Waals surface area contributed by atoms with Gasteiger partial charge in [-0.2, -0.15) is 0 Å². The van der Waals surface area contributed by atoms with E-state index in [0.29, 0.717) is 87.7 Å². The van der Waals surface area contributed by atoms with Gasteiger partial charge in [0.15, 0.2) is 5.88 Å². The Morgan fingerprint density at radius 2 is 0.735 bits per heavy atom. The lowest BCUT2D eigenvalue weighted by Crippen LogP contribution is -2.49. The highest BCUT2D eigenvalue weighted by atomic mass is 16.6. The normalized spacial score (nSPS) is 19.6. The maximum atomic E-state index is 13.0. The Morgan fingerprint density at radius 1 is 0.458 bits per heavy atom. The van der Waals surface area contributed by atoms with Gasteiger partial charge in [-0.15, -0.1) is 0 Å². The number of rotatable bonds is 19. The van der Waals surface area contributed by atoms with Crippen LogP contribution in [0.3, 0.4) is 0 Å². The standard InChI is InChI=1S/C33H39N5O5.C30H36N4O6/c1-3-43-22(2)37-20-4-6-27(37)29(39)35-25-14-10-23(11-15-25)8-9-24-12-16-26(17-13-24)36-30(40)28-7-5-21-38(28)32(42)33(18-19-33)31(34)41;1-3-39-29(37)33-19-5-7-25(33)27(35)31-23-15-11-21(12-16-23)9-10-22-13-17-24(18-14-22)32-28(36)26-8-6-20-34(26)30(38)40-4-2/h8-17,27-28H,2-7,18-21H2,1H3,(H2,34,41)(H,35,39)(H,36,40);9-18,25-26H,3-8,19-20H2,1-2H3,(H,31,35)(H,32,36)/b9-8+;10-9+/t27-,28-;25-,26-/m00/s1. The molecule has 4 aliphatic heterocycles. The number of hydrogen-bond acceptors (Lipinski definition) is 12. The summed E-state index contributed by atoms with van der Waals surface area (Å²) in [5, 5.41) is 11.7. The van der Waals surface area contributed by atoms with Crippen LogP contribution in [0.15, 0.2) is 110 Å². The van der Waals surface area contributed by atoms with Crippen LogP contribution in [-0.4, -0.2) is 137 Å². The summed E-state index contributed by atoms with van der Waals surface area (Å²) in [5.41, 5.74) is 10.8. The van der Waals surface area contributed by atoms with Crippen LogP contribution in [0.5, 0.6) is 0 Å². The minimum atomic E-state index is -1.12. The van der Waals surface area contributed by atoms with Crippen molar-refractivity contribution in [2.75, 3.05) is 67.3 Å². The molecule has 438 valence electrons. The number of nitrogens with one attached hydrogen (secondary N) is 4. The van der Waals surface area contributed by atoms with E-state index >= 15 is 0 Å². The number of nitrogens with two attached hydrogens (primary N) is 1. The molecule has 8 amide bonds. The zero-order chi connectivity index (χ0) is 59.0. The molecule has 0 spiro atoms. The maximum Gasteiger partial charge on any atom is 0.410 e. The molecule has 0 unspecified atom stereocenters. The molecule has 4 aromatic rings. The van der Waals surface area contributed by atoms with Crippen molar-refractivity contribution in [2.24, 2.45) is 11.1 Å². The van der Waals surface area contributed by atoms with Gasteiger partial charge in [0.05, 0.1) is 19.8 Å². The highest BCUT2D eigenvalue weighted by molar-refractivity contribution is 6.09. The van der Waals surface area contributed by atoms with Crippen molar-refractivity contribution >= 4 is 94.7 Å². The molecule has 4 atom stereocenters. The van der Waals surface area contributed by atoms with Crippen LogP contribution in [0.25, 0.3) is 24.3 Å². The van der Waals surface area contributed by atoms with Crippen molar-refractivity contribution in [1.29, 1.82) is 0 Å². The first kappa shape index (κ1) is 60.2. The summed E-state index contributed by atoms with van der Waals surface area (Å²) in [6, 6.07) is 28.0. The second-order valence-corrected chi connectivity index (χ2v) is 21.0. The number of benzene rings is 4. The van der Waals surface area contributed by atoms with Crippen molar-refractivity contribution in [1.82, 2.24) is 19.6 Å². The summed E-state index contributed by atoms with van der Waals surface area (Å²) >= 11 is 0. The lowest BCUT2D eigenvalue weighted by molar-refractivity contribution is -0.146. The molecule has 0 aromatic heterocycles. The first-order chi connectivity index (χ1) is 40.1. The summed E-state index contributed by atoms with van der Waals surface area (Å²) in [6.07, 6.45) is 13.5. The van der Waals surface area contributed by atoms with E-state index in [-0.39, 0.29) is 48.8 Å². The minimum Gasteiger partial charge on any atom is -0.480 e. The molecular weight excluding hydrogens is 1060 g/mol. The molecule has 0 radical (unpaired) electrons. The molecule has 20 nitrogen and oxygen atoms in total. The van der Waals surface area contributed by atoms with Crippen molar-refractivity contribution in [3.05, 3.63) is 132 Å². The van der Waals surface area contributed by atoms with Crippen LogP contribution in [-0.2, 0) is 43.0 Å². The predicted octanol–water partition coefficient (Wildman–Crippen LogP) is 8.94. The largest absolute Gasteiger partial charge is 0.480 e. The van der Waals surface area contributed by atoms with Crippen molar-refractivity contribution < 1.29 is 52.6 Å². The van der Waals surface area contributed by atoms with Crippen LogP contribution in [0, 0.1) is 5.41 Å². The van der Waals surface area contributed by atoms with E-state index < -0.39 is 41.6 Å². The average Bonchev–Trinajstić information content (AvgIpc) is 2.18. The number of likely N-dealkylation sites (tertiary alicyclic amines) is 4. The van der Waals surface area contributed by atoms with Gasteiger partial charge in [-0.3, -0.25) is 38.6 Å². The quantitative estimate of drug-likeness (QED) is 0.0335. The Kier molecular flexibility index (Phi) is 20.4. The van der Waals surface area contributed by atoms with Gasteiger partial charge in [0.1, 0.15) is 29.6 Å². The Bertz CT molecular complexity index is 2960. The molecule has 5 aliphatic rings. The third-order valence-electron chi connectivity index (χ3n) is 15.4. The summed E-state index contributed by atoms with van der Waals surface area (Å²) in [5.74, 6) is -1.16. The minimum absolute atomic E-state index is 0.0708. The van der Waals surface area contributed by atoms with E-state index in [0.717, 1.165) is 60.2 Å². The number of anilines is 4. The van der Waals surface area contributed by atoms with Crippen LogP contribution in [0.4, 0.5) is 32.3 Å². The predicted molar refractivity (Wildman–Crippen MR) is 318 cm³/mol. The zero-order valence-electron chi connectivity index (χ0n) is 47.4. The number of hydrogen-bond donors (Lipinski definition) is 5. The number of nitrogens with zero attached hydrogens (tertiary/aromatic N) is 4. The van der Waals surface area contributed by atoms with Crippen LogP contribution >= 0.6 is 0 Å². The summed E-state index contributed by atoms with van der Waals surface area (Å²) < 4.78 is 15.6. The molecule has 83 heavy (non-hydrogen) atoms. The van der Waals surface area contributed by atoms with Crippen LogP contribution < -0.4 is 27.0 Å². The molecule has 6 N–H and O–H groups in total. The highest BCUT2D eigenvalue weighted by Crippen LogP contribution is 2.48. The van der Waals surface area contributed by atoms with E-state index in [1.165, 1.54) is 14.7 Å². The van der Waals surface area contributed by atoms with Gasteiger partial charge in [0.25, 0.3) is 0 Å². The number of ether oxygens (including phenoxy) is 3. The Hall–Kier alpha value is -8.94.